The Morgan fingerprint density at radius 2 is 1.92 bits per heavy atom. The van der Waals surface area contributed by atoms with E-state index in [0.717, 1.165) is 35.1 Å². The number of ether oxygens (including phenoxy) is 1. The first-order chi connectivity index (χ1) is 17.5. The third kappa shape index (κ3) is 5.55. The van der Waals surface area contributed by atoms with Gasteiger partial charge in [0.25, 0.3) is 0 Å². The molecule has 0 saturated carbocycles. The van der Waals surface area contributed by atoms with Crippen molar-refractivity contribution in [2.45, 2.75) is 77.7 Å². The fourth-order valence-electron chi connectivity index (χ4n) is 5.84. The summed E-state index contributed by atoms with van der Waals surface area (Å²) in [4.78, 5) is 39.9. The quantitative estimate of drug-likeness (QED) is 0.503. The number of ketones is 1. The zero-order valence-corrected chi connectivity index (χ0v) is 22.1. The topological polar surface area (TPSA) is 83.9 Å². The number of amides is 1. The molecule has 2 aromatic rings. The molecule has 7 heteroatoms. The Morgan fingerprint density at radius 1 is 1.16 bits per heavy atom. The fraction of sp³-hybridized carbons (Fsp3) is 0.500. The first kappa shape index (κ1) is 26.8. The first-order valence-electron chi connectivity index (χ1n) is 13.1. The van der Waals surface area contributed by atoms with Gasteiger partial charge in [-0.25, -0.2) is 4.39 Å². The number of Topliss-reactive ketones (excluding diaryl/α,β-unsaturated/α-hetero) is 1. The van der Waals surface area contributed by atoms with Crippen molar-refractivity contribution in [3.05, 3.63) is 64.0 Å². The molecule has 2 atom stereocenters. The predicted octanol–water partition coefficient (Wildman–Crippen LogP) is 5.19. The van der Waals surface area contributed by atoms with E-state index in [-0.39, 0.29) is 42.2 Å². The molecule has 1 N–H and O–H groups in total. The summed E-state index contributed by atoms with van der Waals surface area (Å²) in [6.07, 6.45) is 2.31. The molecule has 1 aliphatic heterocycles. The number of carbonyl (C=O) groups is 3. The number of hydrogen-bond donors (Lipinski definition) is 1. The highest BCUT2D eigenvalue weighted by atomic mass is 19.1. The maximum absolute atomic E-state index is 15.1. The number of hydrogen-bond acceptors (Lipinski definition) is 4. The van der Waals surface area contributed by atoms with Gasteiger partial charge in [0, 0.05) is 25.3 Å². The molecule has 0 radical (unpaired) electrons. The summed E-state index contributed by atoms with van der Waals surface area (Å²) in [6.45, 7) is 8.56. The molecule has 4 rings (SSSR count). The number of carboxylic acid groups (broad SMARTS) is 1. The second kappa shape index (κ2) is 10.6. The van der Waals surface area contributed by atoms with Gasteiger partial charge in [-0.3, -0.25) is 14.4 Å². The van der Waals surface area contributed by atoms with Crippen LogP contribution >= 0.6 is 0 Å². The second-order valence-corrected chi connectivity index (χ2v) is 11.0. The van der Waals surface area contributed by atoms with Crippen LogP contribution in [0, 0.1) is 11.7 Å². The lowest BCUT2D eigenvalue weighted by Crippen LogP contribution is -2.46. The minimum absolute atomic E-state index is 0.00916. The molecule has 0 bridgehead atoms. The molecule has 0 unspecified atom stereocenters. The minimum Gasteiger partial charge on any atom is -0.494 e. The van der Waals surface area contributed by atoms with Crippen molar-refractivity contribution in [1.82, 2.24) is 4.90 Å². The van der Waals surface area contributed by atoms with Crippen LogP contribution in [-0.4, -0.2) is 40.8 Å². The van der Waals surface area contributed by atoms with E-state index in [9.17, 15) is 14.4 Å². The van der Waals surface area contributed by atoms with Crippen LogP contribution in [0.2, 0.25) is 0 Å². The van der Waals surface area contributed by atoms with Gasteiger partial charge in [0.15, 0.2) is 5.78 Å². The smallest absolute Gasteiger partial charge is 0.303 e. The highest BCUT2D eigenvalue weighted by Crippen LogP contribution is 2.41. The van der Waals surface area contributed by atoms with E-state index < -0.39 is 17.9 Å². The van der Waals surface area contributed by atoms with Gasteiger partial charge in [-0.15, -0.1) is 0 Å². The summed E-state index contributed by atoms with van der Waals surface area (Å²) >= 11 is 0. The normalized spacial score (nSPS) is 18.6. The third-order valence-electron chi connectivity index (χ3n) is 7.76. The standard InChI is InChI=1S/C30H36FNO5/c1-5-37-22-7-8-23-20(17-22)11-13-32(29(36)18(2)6-9-26(34)35)28(23)25(33)16-19-14-21-10-12-30(3,4)27(21)24(31)15-19/h7-8,14-15,17-18,28H,5-6,9-13,16H2,1-4H3,(H,34,35)/t18-,28-/m1/s1. The number of carboxylic acids is 1. The molecule has 6 nitrogen and oxygen atoms in total. The number of aryl methyl sites for hydroxylation is 1. The third-order valence-corrected chi connectivity index (χ3v) is 7.76. The molecule has 1 aliphatic carbocycles. The van der Waals surface area contributed by atoms with Gasteiger partial charge in [-0.05, 0) is 84.0 Å². The number of nitrogens with zero attached hydrogens (tertiary/aromatic N) is 1. The van der Waals surface area contributed by atoms with Gasteiger partial charge in [0.1, 0.15) is 17.6 Å². The van der Waals surface area contributed by atoms with Crippen LogP contribution in [0.3, 0.4) is 0 Å². The highest BCUT2D eigenvalue weighted by Gasteiger charge is 2.38. The van der Waals surface area contributed by atoms with Crippen LogP contribution in [-0.2, 0) is 39.1 Å². The number of aliphatic carboxylic acids is 1. The van der Waals surface area contributed by atoms with Crippen molar-refractivity contribution in [2.24, 2.45) is 5.92 Å². The van der Waals surface area contributed by atoms with E-state index in [2.05, 4.69) is 0 Å². The van der Waals surface area contributed by atoms with Gasteiger partial charge in [-0.2, -0.15) is 0 Å². The lowest BCUT2D eigenvalue weighted by molar-refractivity contribution is -0.144. The van der Waals surface area contributed by atoms with E-state index in [1.54, 1.807) is 11.8 Å². The van der Waals surface area contributed by atoms with Crippen LogP contribution in [0.4, 0.5) is 4.39 Å². The molecule has 1 amide bonds. The van der Waals surface area contributed by atoms with Crippen LogP contribution in [0.1, 0.15) is 80.8 Å². The van der Waals surface area contributed by atoms with Gasteiger partial charge >= 0.3 is 5.97 Å². The molecule has 2 aliphatic rings. The minimum atomic E-state index is -0.957. The maximum atomic E-state index is 15.1. The van der Waals surface area contributed by atoms with Crippen LogP contribution in [0.5, 0.6) is 5.75 Å². The van der Waals surface area contributed by atoms with Crippen molar-refractivity contribution in [2.75, 3.05) is 13.2 Å². The SMILES string of the molecule is CCOc1ccc2c(c1)CCN(C(=O)[C@H](C)CCC(=O)O)[C@H]2C(=O)Cc1cc(F)c2c(c1)CCC2(C)C. The van der Waals surface area contributed by atoms with Crippen molar-refractivity contribution in [3.8, 4) is 5.75 Å². The average molecular weight is 510 g/mol. The van der Waals surface area contributed by atoms with Crippen LogP contribution in [0.15, 0.2) is 30.3 Å². The number of halogens is 1. The maximum Gasteiger partial charge on any atom is 0.303 e. The van der Waals surface area contributed by atoms with Crippen molar-refractivity contribution in [3.63, 3.8) is 0 Å². The molecule has 198 valence electrons. The summed E-state index contributed by atoms with van der Waals surface area (Å²) in [6, 6.07) is 8.16. The molecule has 37 heavy (non-hydrogen) atoms. The number of carbonyl (C=O) groups excluding carboxylic acids is 2. The number of rotatable bonds is 9. The molecular formula is C30H36FNO5. The number of fused-ring (bicyclic) bond motifs is 2. The summed E-state index contributed by atoms with van der Waals surface area (Å²) in [5.74, 6) is -1.47. The fourth-order valence-corrected chi connectivity index (χ4v) is 5.84. The summed E-state index contributed by atoms with van der Waals surface area (Å²) in [5.41, 5.74) is 3.78. The lowest BCUT2D eigenvalue weighted by atomic mass is 9.84. The Hall–Kier alpha value is -3.22. The summed E-state index contributed by atoms with van der Waals surface area (Å²) in [7, 11) is 0. The summed E-state index contributed by atoms with van der Waals surface area (Å²) < 4.78 is 20.8. The van der Waals surface area contributed by atoms with Gasteiger partial charge < -0.3 is 14.7 Å². The lowest BCUT2D eigenvalue weighted by Gasteiger charge is -2.38. The van der Waals surface area contributed by atoms with Gasteiger partial charge in [0.2, 0.25) is 5.91 Å². The zero-order valence-electron chi connectivity index (χ0n) is 22.1. The molecule has 2 aromatic carbocycles. The van der Waals surface area contributed by atoms with Crippen molar-refractivity contribution >= 4 is 17.7 Å². The Balaban J connectivity index is 1.66. The Labute approximate surface area is 217 Å². The Morgan fingerprint density at radius 3 is 2.62 bits per heavy atom. The van der Waals surface area contributed by atoms with E-state index in [1.807, 2.05) is 45.0 Å². The van der Waals surface area contributed by atoms with E-state index in [4.69, 9.17) is 9.84 Å². The molecular weight excluding hydrogens is 473 g/mol. The van der Waals surface area contributed by atoms with E-state index >= 15 is 4.39 Å². The first-order valence-corrected chi connectivity index (χ1v) is 13.1. The average Bonchev–Trinajstić information content (AvgIpc) is 3.15. The molecule has 0 fully saturated rings. The van der Waals surface area contributed by atoms with Crippen LogP contribution in [0.25, 0.3) is 0 Å². The Kier molecular flexibility index (Phi) is 7.72. The van der Waals surface area contributed by atoms with Crippen molar-refractivity contribution in [1.29, 1.82) is 0 Å². The van der Waals surface area contributed by atoms with E-state index in [1.165, 1.54) is 6.07 Å². The number of benzene rings is 2. The summed E-state index contributed by atoms with van der Waals surface area (Å²) in [5, 5.41) is 9.06. The molecule has 0 saturated heterocycles. The van der Waals surface area contributed by atoms with E-state index in [0.29, 0.717) is 30.9 Å². The van der Waals surface area contributed by atoms with Crippen LogP contribution < -0.4 is 4.74 Å². The molecule has 0 spiro atoms. The second-order valence-electron chi connectivity index (χ2n) is 11.0. The predicted molar refractivity (Wildman–Crippen MR) is 138 cm³/mol. The molecule has 0 aromatic heterocycles. The zero-order chi connectivity index (χ0) is 26.9. The van der Waals surface area contributed by atoms with Gasteiger partial charge in [-0.1, -0.05) is 32.9 Å². The highest BCUT2D eigenvalue weighted by molar-refractivity contribution is 5.93. The molecule has 1 heterocycles. The van der Waals surface area contributed by atoms with Crippen molar-refractivity contribution < 1.29 is 28.6 Å². The van der Waals surface area contributed by atoms with Gasteiger partial charge in [0.05, 0.1) is 6.61 Å². The largest absolute Gasteiger partial charge is 0.494 e. The monoisotopic (exact) mass is 509 g/mol. The Bertz CT molecular complexity index is 1220.